The molecule has 1 aromatic rings. The SMILES string of the molecule is CC(C)c1[nH]nc(C(=O)N2CCC(N3CCCC3)C2)c1N. The molecule has 0 saturated carbocycles. The minimum absolute atomic E-state index is 0.0302. The van der Waals surface area contributed by atoms with Crippen LogP contribution in [-0.2, 0) is 0 Å². The summed E-state index contributed by atoms with van der Waals surface area (Å²) in [5.74, 6) is 0.215. The van der Waals surface area contributed by atoms with Gasteiger partial charge >= 0.3 is 0 Å². The van der Waals surface area contributed by atoms with E-state index < -0.39 is 0 Å². The molecule has 21 heavy (non-hydrogen) atoms. The van der Waals surface area contributed by atoms with Gasteiger partial charge in [0.15, 0.2) is 5.69 Å². The molecule has 6 nitrogen and oxygen atoms in total. The first kappa shape index (κ1) is 14.4. The lowest BCUT2D eigenvalue weighted by Gasteiger charge is -2.23. The third-order valence-corrected chi connectivity index (χ3v) is 4.72. The number of aromatic amines is 1. The smallest absolute Gasteiger partial charge is 0.276 e. The molecule has 0 radical (unpaired) electrons. The standard InChI is InChI=1S/C15H25N5O/c1-10(2)13-12(16)14(18-17-13)15(21)20-8-5-11(9-20)19-6-3-4-7-19/h10-11H,3-9,16H2,1-2H3,(H,17,18). The van der Waals surface area contributed by atoms with Gasteiger partial charge in [-0.05, 0) is 38.3 Å². The van der Waals surface area contributed by atoms with Crippen molar-refractivity contribution in [2.75, 3.05) is 31.9 Å². The monoisotopic (exact) mass is 291 g/mol. The van der Waals surface area contributed by atoms with Crippen molar-refractivity contribution in [3.05, 3.63) is 11.4 Å². The van der Waals surface area contributed by atoms with Gasteiger partial charge in [0.25, 0.3) is 5.91 Å². The summed E-state index contributed by atoms with van der Waals surface area (Å²) in [6, 6.07) is 0.515. The third-order valence-electron chi connectivity index (χ3n) is 4.72. The average molecular weight is 291 g/mol. The number of nitrogen functional groups attached to an aromatic ring is 1. The number of aromatic nitrogens is 2. The van der Waals surface area contributed by atoms with Crippen LogP contribution in [0, 0.1) is 0 Å². The predicted molar refractivity (Wildman–Crippen MR) is 82.2 cm³/mol. The summed E-state index contributed by atoms with van der Waals surface area (Å²) in [6.07, 6.45) is 3.64. The molecule has 2 saturated heterocycles. The summed E-state index contributed by atoms with van der Waals surface area (Å²) in [6.45, 7) is 8.05. The lowest BCUT2D eigenvalue weighted by atomic mass is 10.1. The molecule has 0 aliphatic carbocycles. The molecule has 0 spiro atoms. The maximum absolute atomic E-state index is 12.6. The van der Waals surface area contributed by atoms with E-state index in [1.807, 2.05) is 18.7 Å². The molecule has 116 valence electrons. The number of carbonyl (C=O) groups is 1. The summed E-state index contributed by atoms with van der Waals surface area (Å²) < 4.78 is 0. The number of nitrogens with one attached hydrogen (secondary N) is 1. The van der Waals surface area contributed by atoms with Crippen molar-refractivity contribution in [3.8, 4) is 0 Å². The summed E-state index contributed by atoms with van der Waals surface area (Å²) in [5, 5.41) is 7.06. The van der Waals surface area contributed by atoms with E-state index in [1.54, 1.807) is 0 Å². The minimum Gasteiger partial charge on any atom is -0.395 e. The highest BCUT2D eigenvalue weighted by Crippen LogP contribution is 2.26. The number of carbonyl (C=O) groups excluding carboxylic acids is 1. The molecule has 3 heterocycles. The fourth-order valence-corrected chi connectivity index (χ4v) is 3.45. The molecule has 2 fully saturated rings. The summed E-state index contributed by atoms with van der Waals surface area (Å²) in [4.78, 5) is 17.0. The molecular formula is C15H25N5O. The van der Waals surface area contributed by atoms with Crippen molar-refractivity contribution >= 4 is 11.6 Å². The van der Waals surface area contributed by atoms with Crippen molar-refractivity contribution in [1.29, 1.82) is 0 Å². The first-order valence-electron chi connectivity index (χ1n) is 7.95. The van der Waals surface area contributed by atoms with Crippen molar-refractivity contribution < 1.29 is 4.79 Å². The van der Waals surface area contributed by atoms with Gasteiger partial charge in [-0.25, -0.2) is 0 Å². The van der Waals surface area contributed by atoms with E-state index in [0.29, 0.717) is 17.4 Å². The van der Waals surface area contributed by atoms with Gasteiger partial charge in [-0.15, -0.1) is 0 Å². The summed E-state index contributed by atoms with van der Waals surface area (Å²) >= 11 is 0. The van der Waals surface area contributed by atoms with Crippen LogP contribution >= 0.6 is 0 Å². The zero-order valence-electron chi connectivity index (χ0n) is 12.9. The zero-order chi connectivity index (χ0) is 15.0. The molecule has 1 aromatic heterocycles. The van der Waals surface area contributed by atoms with Crippen molar-refractivity contribution in [2.45, 2.75) is 45.1 Å². The van der Waals surface area contributed by atoms with Gasteiger partial charge < -0.3 is 10.6 Å². The fraction of sp³-hybridized carbons (Fsp3) is 0.733. The quantitative estimate of drug-likeness (QED) is 0.883. The van der Waals surface area contributed by atoms with Crippen molar-refractivity contribution in [1.82, 2.24) is 20.0 Å². The zero-order valence-corrected chi connectivity index (χ0v) is 12.9. The number of nitrogens with two attached hydrogens (primary N) is 1. The Kier molecular flexibility index (Phi) is 3.89. The minimum atomic E-state index is -0.0302. The van der Waals surface area contributed by atoms with Gasteiger partial charge in [-0.3, -0.25) is 14.8 Å². The maximum atomic E-state index is 12.6. The molecule has 1 unspecified atom stereocenters. The van der Waals surface area contributed by atoms with E-state index in [2.05, 4.69) is 15.1 Å². The van der Waals surface area contributed by atoms with E-state index >= 15 is 0 Å². The number of amides is 1. The van der Waals surface area contributed by atoms with E-state index in [9.17, 15) is 4.79 Å². The van der Waals surface area contributed by atoms with Gasteiger partial charge in [-0.2, -0.15) is 5.10 Å². The molecule has 3 N–H and O–H groups in total. The molecule has 1 atom stereocenters. The Hall–Kier alpha value is -1.56. The molecule has 1 amide bonds. The van der Waals surface area contributed by atoms with Gasteiger partial charge in [0.05, 0.1) is 11.4 Å². The summed E-state index contributed by atoms with van der Waals surface area (Å²) in [5.41, 5.74) is 7.84. The molecule has 2 aliphatic rings. The second kappa shape index (κ2) is 5.67. The van der Waals surface area contributed by atoms with Crippen LogP contribution in [0.3, 0.4) is 0 Å². The van der Waals surface area contributed by atoms with Crippen molar-refractivity contribution in [3.63, 3.8) is 0 Å². The molecule has 0 aromatic carbocycles. The Morgan fingerprint density at radius 2 is 2.05 bits per heavy atom. The van der Waals surface area contributed by atoms with E-state index in [1.165, 1.54) is 25.9 Å². The van der Waals surface area contributed by atoms with Crippen LogP contribution in [0.1, 0.15) is 55.2 Å². The molecule has 0 bridgehead atoms. The van der Waals surface area contributed by atoms with Crippen LogP contribution in [0.2, 0.25) is 0 Å². The first-order valence-corrected chi connectivity index (χ1v) is 7.95. The lowest BCUT2D eigenvalue weighted by molar-refractivity contribution is 0.0775. The highest BCUT2D eigenvalue weighted by Gasteiger charge is 2.33. The van der Waals surface area contributed by atoms with Crippen LogP contribution < -0.4 is 5.73 Å². The van der Waals surface area contributed by atoms with Crippen LogP contribution in [0.15, 0.2) is 0 Å². The maximum Gasteiger partial charge on any atom is 0.276 e. The third kappa shape index (κ3) is 2.64. The second-order valence-electron chi connectivity index (χ2n) is 6.49. The number of hydrogen-bond donors (Lipinski definition) is 2. The molecule has 3 rings (SSSR count). The Morgan fingerprint density at radius 3 is 2.67 bits per heavy atom. The number of anilines is 1. The first-order chi connectivity index (χ1) is 10.1. The number of hydrogen-bond acceptors (Lipinski definition) is 4. The highest BCUT2D eigenvalue weighted by molar-refractivity contribution is 5.97. The topological polar surface area (TPSA) is 78.2 Å². The van der Waals surface area contributed by atoms with E-state index in [-0.39, 0.29) is 11.8 Å². The molecule has 2 aliphatic heterocycles. The summed E-state index contributed by atoms with van der Waals surface area (Å²) in [7, 11) is 0. The number of H-pyrrole nitrogens is 1. The highest BCUT2D eigenvalue weighted by atomic mass is 16.2. The van der Waals surface area contributed by atoms with Gasteiger partial charge in [0, 0.05) is 19.1 Å². The Morgan fingerprint density at radius 1 is 1.33 bits per heavy atom. The van der Waals surface area contributed by atoms with Gasteiger partial charge in [0.1, 0.15) is 0 Å². The molecular weight excluding hydrogens is 266 g/mol. The predicted octanol–water partition coefficient (Wildman–Crippen LogP) is 1.43. The Labute approximate surface area is 125 Å². The number of likely N-dealkylation sites (tertiary alicyclic amines) is 2. The van der Waals surface area contributed by atoms with E-state index in [0.717, 1.165) is 25.2 Å². The normalized spacial score (nSPS) is 23.4. The van der Waals surface area contributed by atoms with E-state index in [4.69, 9.17) is 5.73 Å². The molecule has 6 heteroatoms. The Balaban J connectivity index is 1.68. The van der Waals surface area contributed by atoms with Crippen LogP contribution in [0.5, 0.6) is 0 Å². The van der Waals surface area contributed by atoms with Gasteiger partial charge in [-0.1, -0.05) is 13.8 Å². The van der Waals surface area contributed by atoms with Gasteiger partial charge in [0.2, 0.25) is 0 Å². The number of rotatable bonds is 3. The van der Waals surface area contributed by atoms with Crippen molar-refractivity contribution in [2.24, 2.45) is 0 Å². The Bertz CT molecular complexity index is 518. The second-order valence-corrected chi connectivity index (χ2v) is 6.49. The lowest BCUT2D eigenvalue weighted by Crippen LogP contribution is -2.37. The van der Waals surface area contributed by atoms with Crippen LogP contribution in [0.4, 0.5) is 5.69 Å². The largest absolute Gasteiger partial charge is 0.395 e. The number of nitrogens with zero attached hydrogens (tertiary/aromatic N) is 3. The van der Waals surface area contributed by atoms with Crippen LogP contribution in [-0.4, -0.2) is 58.1 Å². The fourth-order valence-electron chi connectivity index (χ4n) is 3.45. The van der Waals surface area contributed by atoms with Crippen LogP contribution in [0.25, 0.3) is 0 Å². The average Bonchev–Trinajstić information content (AvgIpc) is 3.18.